The Kier molecular flexibility index (Phi) is 4.58. The van der Waals surface area contributed by atoms with Gasteiger partial charge in [-0.15, -0.1) is 0 Å². The maximum Gasteiger partial charge on any atom is 0.195 e. The molecule has 0 aliphatic heterocycles. The number of aromatic amines is 1. The van der Waals surface area contributed by atoms with Crippen molar-refractivity contribution in [1.29, 1.82) is 10.5 Å². The van der Waals surface area contributed by atoms with Gasteiger partial charge in [-0.1, -0.05) is 19.9 Å². The Balaban J connectivity index is 1.89. The number of hydrogen-bond acceptors (Lipinski definition) is 6. The summed E-state index contributed by atoms with van der Waals surface area (Å²) >= 11 is 0. The highest BCUT2D eigenvalue weighted by atomic mass is 16.5. The van der Waals surface area contributed by atoms with Crippen molar-refractivity contribution in [2.45, 2.75) is 25.4 Å². The van der Waals surface area contributed by atoms with Crippen LogP contribution in [-0.4, -0.2) is 40.3 Å². The maximum atomic E-state index is 13.4. The highest BCUT2D eigenvalue weighted by molar-refractivity contribution is 6.20. The summed E-state index contributed by atoms with van der Waals surface area (Å²) < 4.78 is 5.56. The number of aliphatic hydroxyl groups is 2. The molecule has 3 aromatic rings. The van der Waals surface area contributed by atoms with Gasteiger partial charge in [-0.05, 0) is 29.8 Å². The highest BCUT2D eigenvalue weighted by Crippen LogP contribution is 2.45. The molecule has 0 radical (unpaired) electrons. The van der Waals surface area contributed by atoms with Crippen molar-refractivity contribution in [3.8, 4) is 17.9 Å². The molecule has 0 spiro atoms. The number of benzene rings is 2. The fraction of sp³-hybridized carbons (Fsp3) is 0.261. The molecule has 7 heteroatoms. The van der Waals surface area contributed by atoms with Crippen LogP contribution in [0.3, 0.4) is 0 Å². The molecule has 3 N–H and O–H groups in total. The van der Waals surface area contributed by atoms with E-state index in [-0.39, 0.29) is 23.5 Å². The standard InChI is InChI=1S/C23H19N3O4/c1-23(2)18-7-14(30-11-13(28)10-27)4-6-15(18)21(29)19-16-5-3-12(8-24)17(9-25)20(16)26-22(19)23/h3-7,13,26-28H,10-11H2,1-2H3/t13-/m0/s1. The third kappa shape index (κ3) is 2.76. The molecule has 150 valence electrons. The third-order valence-electron chi connectivity index (χ3n) is 5.62. The van der Waals surface area contributed by atoms with Crippen LogP contribution in [0.4, 0.5) is 0 Å². The van der Waals surface area contributed by atoms with Crippen molar-refractivity contribution in [3.05, 3.63) is 63.8 Å². The molecule has 7 nitrogen and oxygen atoms in total. The second kappa shape index (κ2) is 7.00. The quantitative estimate of drug-likeness (QED) is 0.616. The van der Waals surface area contributed by atoms with Gasteiger partial charge in [-0.2, -0.15) is 10.5 Å². The maximum absolute atomic E-state index is 13.4. The number of nitriles is 2. The summed E-state index contributed by atoms with van der Waals surface area (Å²) in [5, 5.41) is 38.0. The van der Waals surface area contributed by atoms with E-state index in [1.54, 1.807) is 30.3 Å². The zero-order chi connectivity index (χ0) is 21.6. The first-order valence-corrected chi connectivity index (χ1v) is 9.43. The van der Waals surface area contributed by atoms with Gasteiger partial charge in [0, 0.05) is 22.1 Å². The minimum atomic E-state index is -0.991. The zero-order valence-electron chi connectivity index (χ0n) is 16.5. The molecule has 0 saturated carbocycles. The number of carbonyl (C=O) groups excluding carboxylic acids is 1. The first-order chi connectivity index (χ1) is 14.3. The van der Waals surface area contributed by atoms with Crippen molar-refractivity contribution in [3.63, 3.8) is 0 Å². The van der Waals surface area contributed by atoms with Crippen molar-refractivity contribution in [2.75, 3.05) is 13.2 Å². The van der Waals surface area contributed by atoms with E-state index in [1.807, 2.05) is 19.9 Å². The lowest BCUT2D eigenvalue weighted by Crippen LogP contribution is -2.30. The molecule has 0 bridgehead atoms. The van der Waals surface area contributed by atoms with Crippen LogP contribution in [0.25, 0.3) is 10.9 Å². The summed E-state index contributed by atoms with van der Waals surface area (Å²) in [6.45, 7) is 3.47. The smallest absolute Gasteiger partial charge is 0.195 e. The van der Waals surface area contributed by atoms with E-state index in [0.29, 0.717) is 33.5 Å². The number of carbonyl (C=O) groups is 1. The van der Waals surface area contributed by atoms with Crippen LogP contribution in [0.15, 0.2) is 30.3 Å². The fourth-order valence-corrected chi connectivity index (χ4v) is 4.02. The number of rotatable bonds is 4. The molecular formula is C23H19N3O4. The lowest BCUT2D eigenvalue weighted by atomic mass is 9.71. The van der Waals surface area contributed by atoms with Crippen LogP contribution in [0.1, 0.15) is 52.2 Å². The van der Waals surface area contributed by atoms with Crippen LogP contribution in [-0.2, 0) is 5.41 Å². The minimum absolute atomic E-state index is 0.0657. The van der Waals surface area contributed by atoms with Crippen molar-refractivity contribution >= 4 is 16.7 Å². The Morgan fingerprint density at radius 3 is 2.63 bits per heavy atom. The molecule has 1 aliphatic rings. The van der Waals surface area contributed by atoms with Gasteiger partial charge in [0.15, 0.2) is 5.78 Å². The number of fused-ring (bicyclic) bond motifs is 4. The molecule has 1 aromatic heterocycles. The predicted octanol–water partition coefficient (Wildman–Crippen LogP) is 2.51. The Morgan fingerprint density at radius 1 is 1.20 bits per heavy atom. The normalized spacial score (nSPS) is 15.1. The highest BCUT2D eigenvalue weighted by Gasteiger charge is 2.40. The summed E-state index contributed by atoms with van der Waals surface area (Å²) in [6.07, 6.45) is -0.991. The first kappa shape index (κ1) is 19.7. The second-order valence-electron chi connectivity index (χ2n) is 7.82. The molecule has 1 aliphatic carbocycles. The van der Waals surface area contributed by atoms with E-state index in [2.05, 4.69) is 11.1 Å². The molecular weight excluding hydrogens is 382 g/mol. The van der Waals surface area contributed by atoms with Crippen molar-refractivity contribution < 1.29 is 19.7 Å². The van der Waals surface area contributed by atoms with Crippen LogP contribution in [0.2, 0.25) is 0 Å². The fourth-order valence-electron chi connectivity index (χ4n) is 4.02. The van der Waals surface area contributed by atoms with Gasteiger partial charge in [-0.25, -0.2) is 0 Å². The number of hydrogen-bond donors (Lipinski definition) is 3. The van der Waals surface area contributed by atoms with E-state index in [1.165, 1.54) is 0 Å². The number of H-pyrrole nitrogens is 1. The van der Waals surface area contributed by atoms with Gasteiger partial charge < -0.3 is 19.9 Å². The molecule has 0 fully saturated rings. The number of aliphatic hydroxyl groups excluding tert-OH is 2. The molecule has 4 rings (SSSR count). The molecule has 2 aromatic carbocycles. The Morgan fingerprint density at radius 2 is 1.97 bits per heavy atom. The van der Waals surface area contributed by atoms with Crippen LogP contribution >= 0.6 is 0 Å². The monoisotopic (exact) mass is 401 g/mol. The van der Waals surface area contributed by atoms with Gasteiger partial charge in [-0.3, -0.25) is 4.79 Å². The largest absolute Gasteiger partial charge is 0.491 e. The van der Waals surface area contributed by atoms with Crippen LogP contribution in [0, 0.1) is 22.7 Å². The summed E-state index contributed by atoms with van der Waals surface area (Å²) in [5.41, 5.74) is 2.82. The minimum Gasteiger partial charge on any atom is -0.491 e. The van der Waals surface area contributed by atoms with Crippen LogP contribution in [0.5, 0.6) is 5.75 Å². The Bertz CT molecular complexity index is 1270. The van der Waals surface area contributed by atoms with Gasteiger partial charge in [0.25, 0.3) is 0 Å². The van der Waals surface area contributed by atoms with Gasteiger partial charge in [0.05, 0.1) is 28.8 Å². The molecule has 1 heterocycles. The van der Waals surface area contributed by atoms with E-state index in [0.717, 1.165) is 5.56 Å². The first-order valence-electron chi connectivity index (χ1n) is 9.43. The number of nitrogens with zero attached hydrogens (tertiary/aromatic N) is 2. The topological polar surface area (TPSA) is 130 Å². The summed E-state index contributed by atoms with van der Waals surface area (Å²) in [4.78, 5) is 16.6. The number of nitrogens with one attached hydrogen (secondary N) is 1. The summed E-state index contributed by atoms with van der Waals surface area (Å²) in [5.74, 6) is 0.312. The zero-order valence-corrected chi connectivity index (χ0v) is 16.5. The average molecular weight is 401 g/mol. The van der Waals surface area contributed by atoms with Crippen molar-refractivity contribution in [2.24, 2.45) is 0 Å². The van der Waals surface area contributed by atoms with E-state index in [9.17, 15) is 20.4 Å². The predicted molar refractivity (Wildman–Crippen MR) is 108 cm³/mol. The van der Waals surface area contributed by atoms with Crippen LogP contribution < -0.4 is 4.74 Å². The molecule has 30 heavy (non-hydrogen) atoms. The molecule has 1 atom stereocenters. The van der Waals surface area contributed by atoms with Gasteiger partial charge in [0.2, 0.25) is 0 Å². The van der Waals surface area contributed by atoms with E-state index in [4.69, 9.17) is 9.84 Å². The SMILES string of the molecule is CC1(C)c2cc(OC[C@@H](O)CO)ccc2C(=O)c2c1[nH]c1c(C#N)c(C#N)ccc21. The van der Waals surface area contributed by atoms with Gasteiger partial charge >= 0.3 is 0 Å². The number of aromatic nitrogens is 1. The lowest BCUT2D eigenvalue weighted by molar-refractivity contribution is 0.0535. The molecule has 0 amide bonds. The summed E-state index contributed by atoms with van der Waals surface area (Å²) in [7, 11) is 0. The molecule has 0 unspecified atom stereocenters. The average Bonchev–Trinajstić information content (AvgIpc) is 3.16. The lowest BCUT2D eigenvalue weighted by Gasteiger charge is -2.32. The Labute approximate surface area is 172 Å². The van der Waals surface area contributed by atoms with Crippen molar-refractivity contribution in [1.82, 2.24) is 4.98 Å². The number of ketones is 1. The third-order valence-corrected chi connectivity index (χ3v) is 5.62. The van der Waals surface area contributed by atoms with E-state index < -0.39 is 18.1 Å². The number of ether oxygens (including phenoxy) is 1. The Hall–Kier alpha value is -3.65. The van der Waals surface area contributed by atoms with E-state index >= 15 is 0 Å². The summed E-state index contributed by atoms with van der Waals surface area (Å²) in [6, 6.07) is 12.5. The second-order valence-corrected chi connectivity index (χ2v) is 7.82. The molecule has 0 saturated heterocycles. The van der Waals surface area contributed by atoms with Gasteiger partial charge in [0.1, 0.15) is 30.6 Å².